The fraction of sp³-hybridized carbons (Fsp3) is 0.0769. The average molecular weight is 246 g/mol. The number of halogens is 3. The third-order valence-corrected chi connectivity index (χ3v) is 2.58. The summed E-state index contributed by atoms with van der Waals surface area (Å²) in [5, 5.41) is 18.5. The molecule has 0 atom stereocenters. The van der Waals surface area contributed by atoms with Gasteiger partial charge in [-0.1, -0.05) is 24.3 Å². The maximum absolute atomic E-state index is 12.8. The fourth-order valence-electron chi connectivity index (χ4n) is 1.80. The predicted octanol–water partition coefficient (Wildman–Crippen LogP) is 3.60. The highest BCUT2D eigenvalue weighted by atomic mass is 19.4. The highest BCUT2D eigenvalue weighted by Gasteiger charge is 2.35. The highest BCUT2D eigenvalue weighted by molar-refractivity contribution is 5.91. The number of nitriles is 2. The molecule has 0 fully saturated rings. The van der Waals surface area contributed by atoms with Crippen LogP contribution in [0.25, 0.3) is 10.8 Å². The van der Waals surface area contributed by atoms with Crippen LogP contribution < -0.4 is 0 Å². The molecular formula is C13H5F3N2. The van der Waals surface area contributed by atoms with Gasteiger partial charge in [-0.2, -0.15) is 23.7 Å². The Balaban J connectivity index is 2.99. The molecule has 2 rings (SSSR count). The van der Waals surface area contributed by atoms with Gasteiger partial charge in [-0.05, 0) is 11.5 Å². The van der Waals surface area contributed by atoms with Gasteiger partial charge < -0.3 is 0 Å². The Morgan fingerprint density at radius 2 is 1.56 bits per heavy atom. The van der Waals surface area contributed by atoms with E-state index in [9.17, 15) is 13.2 Å². The largest absolute Gasteiger partial charge is 0.417 e. The molecule has 2 aromatic rings. The van der Waals surface area contributed by atoms with Gasteiger partial charge in [-0.25, -0.2) is 0 Å². The molecule has 18 heavy (non-hydrogen) atoms. The summed E-state index contributed by atoms with van der Waals surface area (Å²) in [5.41, 5.74) is -1.92. The van der Waals surface area contributed by atoms with Crippen molar-refractivity contribution in [2.45, 2.75) is 6.18 Å². The first-order valence-corrected chi connectivity index (χ1v) is 4.92. The first-order chi connectivity index (χ1) is 8.49. The van der Waals surface area contributed by atoms with E-state index in [1.807, 2.05) is 0 Å². The number of fused-ring (bicyclic) bond motifs is 1. The molecule has 0 saturated carbocycles. The maximum Gasteiger partial charge on any atom is 0.417 e. The van der Waals surface area contributed by atoms with Gasteiger partial charge in [0.05, 0.1) is 16.7 Å². The van der Waals surface area contributed by atoms with Gasteiger partial charge in [-0.15, -0.1) is 0 Å². The molecule has 0 saturated heterocycles. The van der Waals surface area contributed by atoms with Gasteiger partial charge in [-0.3, -0.25) is 0 Å². The van der Waals surface area contributed by atoms with Gasteiger partial charge in [0.2, 0.25) is 0 Å². The Bertz CT molecular complexity index is 703. The Morgan fingerprint density at radius 3 is 2.11 bits per heavy atom. The lowest BCUT2D eigenvalue weighted by Crippen LogP contribution is -2.09. The van der Waals surface area contributed by atoms with E-state index in [0.29, 0.717) is 10.8 Å². The minimum absolute atomic E-state index is 0.233. The SMILES string of the molecule is N#Cc1c(C(F)(F)F)cc2ccccc2c1C#N. The molecule has 0 heterocycles. The molecule has 0 aliphatic heterocycles. The monoisotopic (exact) mass is 246 g/mol. The molecule has 0 unspecified atom stereocenters. The lowest BCUT2D eigenvalue weighted by Gasteiger charge is -2.11. The van der Waals surface area contributed by atoms with Gasteiger partial charge in [0.25, 0.3) is 0 Å². The van der Waals surface area contributed by atoms with Crippen molar-refractivity contribution in [2.75, 3.05) is 0 Å². The van der Waals surface area contributed by atoms with Crippen LogP contribution in [0.2, 0.25) is 0 Å². The van der Waals surface area contributed by atoms with Crippen molar-refractivity contribution in [2.24, 2.45) is 0 Å². The highest BCUT2D eigenvalue weighted by Crippen LogP contribution is 2.36. The van der Waals surface area contributed by atoms with Crippen LogP contribution in [-0.2, 0) is 6.18 Å². The van der Waals surface area contributed by atoms with E-state index in [1.165, 1.54) is 18.2 Å². The summed E-state index contributed by atoms with van der Waals surface area (Å²) in [7, 11) is 0. The van der Waals surface area contributed by atoms with E-state index in [4.69, 9.17) is 10.5 Å². The molecule has 5 heteroatoms. The second-order valence-corrected chi connectivity index (χ2v) is 3.62. The standard InChI is InChI=1S/C13H5F3N2/c14-13(15,16)12-5-8-3-1-2-4-9(8)10(6-17)11(12)7-18/h1-5H. The molecule has 88 valence electrons. The number of hydrogen-bond acceptors (Lipinski definition) is 2. The maximum atomic E-state index is 12.8. The lowest BCUT2D eigenvalue weighted by molar-refractivity contribution is -0.137. The van der Waals surface area contributed by atoms with Gasteiger partial charge in [0.1, 0.15) is 12.1 Å². The van der Waals surface area contributed by atoms with Crippen LogP contribution in [0.5, 0.6) is 0 Å². The van der Waals surface area contributed by atoms with Crippen molar-refractivity contribution >= 4 is 10.8 Å². The Kier molecular flexibility index (Phi) is 2.68. The van der Waals surface area contributed by atoms with Crippen LogP contribution in [0.4, 0.5) is 13.2 Å². The zero-order chi connectivity index (χ0) is 13.3. The van der Waals surface area contributed by atoms with E-state index in [2.05, 4.69) is 0 Å². The minimum atomic E-state index is -4.65. The second-order valence-electron chi connectivity index (χ2n) is 3.62. The fourth-order valence-corrected chi connectivity index (χ4v) is 1.80. The molecule has 0 amide bonds. The van der Waals surface area contributed by atoms with E-state index >= 15 is 0 Å². The van der Waals surface area contributed by atoms with E-state index < -0.39 is 17.3 Å². The molecule has 2 nitrogen and oxygen atoms in total. The molecule has 0 aliphatic rings. The molecular weight excluding hydrogens is 241 g/mol. The van der Waals surface area contributed by atoms with Crippen molar-refractivity contribution in [3.8, 4) is 12.1 Å². The van der Waals surface area contributed by atoms with Crippen LogP contribution in [0.3, 0.4) is 0 Å². The van der Waals surface area contributed by atoms with Gasteiger partial charge in [0.15, 0.2) is 0 Å². The zero-order valence-corrected chi connectivity index (χ0v) is 8.92. The van der Waals surface area contributed by atoms with Crippen LogP contribution in [-0.4, -0.2) is 0 Å². The number of alkyl halides is 3. The third-order valence-electron chi connectivity index (χ3n) is 2.58. The van der Waals surface area contributed by atoms with Crippen molar-refractivity contribution in [1.29, 1.82) is 10.5 Å². The van der Waals surface area contributed by atoms with Crippen molar-refractivity contribution in [1.82, 2.24) is 0 Å². The van der Waals surface area contributed by atoms with Crippen molar-refractivity contribution < 1.29 is 13.2 Å². The summed E-state index contributed by atoms with van der Waals surface area (Å²) in [5.74, 6) is 0. The van der Waals surface area contributed by atoms with Crippen LogP contribution >= 0.6 is 0 Å². The van der Waals surface area contributed by atoms with Crippen molar-refractivity contribution in [3.63, 3.8) is 0 Å². The molecule has 2 aromatic carbocycles. The first-order valence-electron chi connectivity index (χ1n) is 4.92. The Hall–Kier alpha value is -2.53. The normalized spacial score (nSPS) is 10.9. The average Bonchev–Trinajstić information content (AvgIpc) is 2.35. The number of benzene rings is 2. The second kappa shape index (κ2) is 4.05. The Morgan fingerprint density at radius 1 is 0.944 bits per heavy atom. The summed E-state index contributed by atoms with van der Waals surface area (Å²) in [6.07, 6.45) is -4.65. The van der Waals surface area contributed by atoms with Crippen LogP contribution in [0.15, 0.2) is 30.3 Å². The number of hydrogen-bond donors (Lipinski definition) is 0. The van der Waals surface area contributed by atoms with E-state index in [0.717, 1.165) is 6.07 Å². The summed E-state index contributed by atoms with van der Waals surface area (Å²) in [6, 6.07) is 10.2. The molecule has 0 bridgehead atoms. The van der Waals surface area contributed by atoms with E-state index in [-0.39, 0.29) is 5.56 Å². The minimum Gasteiger partial charge on any atom is -0.192 e. The van der Waals surface area contributed by atoms with Gasteiger partial charge >= 0.3 is 6.18 Å². The lowest BCUT2D eigenvalue weighted by atomic mass is 9.95. The third kappa shape index (κ3) is 1.76. The summed E-state index contributed by atoms with van der Waals surface area (Å²) < 4.78 is 38.5. The summed E-state index contributed by atoms with van der Waals surface area (Å²) in [6.45, 7) is 0. The zero-order valence-electron chi connectivity index (χ0n) is 8.92. The molecule has 0 N–H and O–H groups in total. The van der Waals surface area contributed by atoms with E-state index in [1.54, 1.807) is 18.2 Å². The number of nitrogens with zero attached hydrogens (tertiary/aromatic N) is 2. The summed E-state index contributed by atoms with van der Waals surface area (Å²) >= 11 is 0. The van der Waals surface area contributed by atoms with Crippen LogP contribution in [0, 0.1) is 22.7 Å². The predicted molar refractivity (Wildman–Crippen MR) is 58.4 cm³/mol. The van der Waals surface area contributed by atoms with Gasteiger partial charge in [0, 0.05) is 5.39 Å². The summed E-state index contributed by atoms with van der Waals surface area (Å²) in [4.78, 5) is 0. The molecule has 0 aliphatic carbocycles. The topological polar surface area (TPSA) is 47.6 Å². The van der Waals surface area contributed by atoms with Crippen LogP contribution in [0.1, 0.15) is 16.7 Å². The quantitative estimate of drug-likeness (QED) is 0.712. The molecule has 0 aromatic heterocycles. The van der Waals surface area contributed by atoms with Crippen molar-refractivity contribution in [3.05, 3.63) is 47.0 Å². The molecule has 0 spiro atoms. The molecule has 0 radical (unpaired) electrons. The number of rotatable bonds is 0. The first kappa shape index (κ1) is 11.9. The Labute approximate surface area is 100 Å². The smallest absolute Gasteiger partial charge is 0.192 e.